The molecule has 0 rings (SSSR count). The summed E-state index contributed by atoms with van der Waals surface area (Å²) in [5, 5.41) is 8.21. The smallest absolute Gasteiger partial charge is 0.302 e. The van der Waals surface area contributed by atoms with Crippen molar-refractivity contribution in [2.45, 2.75) is 33.6 Å². The lowest BCUT2D eigenvalue weighted by molar-refractivity contribution is -0.140. The summed E-state index contributed by atoms with van der Waals surface area (Å²) < 4.78 is 4.40. The highest BCUT2D eigenvalue weighted by atomic mass is 16.5. The molecule has 0 atom stereocenters. The molecule has 0 radical (unpaired) electrons. The van der Waals surface area contributed by atoms with Crippen LogP contribution in [-0.4, -0.2) is 24.3 Å². The molecule has 0 aromatic rings. The van der Waals surface area contributed by atoms with Crippen LogP contribution < -0.4 is 0 Å². The van der Waals surface area contributed by atoms with Gasteiger partial charge in [-0.2, -0.15) is 0 Å². The summed E-state index contributed by atoms with van der Waals surface area (Å²) in [6, 6.07) is 0. The monoisotopic (exact) mass is 188 g/mol. The molecule has 0 heterocycles. The average molecular weight is 188 g/mol. The van der Waals surface area contributed by atoms with Gasteiger partial charge in [-0.15, -0.1) is 0 Å². The largest absolute Gasteiger partial charge is 0.466 e. The Labute approximate surface area is 80.4 Å². The number of aliphatic hydroxyl groups is 1. The number of ether oxygens (including phenoxy) is 1. The third kappa shape index (κ3) is 24.7. The Bertz CT molecular complexity index is 130. The van der Waals surface area contributed by atoms with E-state index in [1.165, 1.54) is 6.92 Å². The summed E-state index contributed by atoms with van der Waals surface area (Å²) in [6.45, 7) is 5.95. The molecule has 3 nitrogen and oxygen atoms in total. The fourth-order valence-corrected chi connectivity index (χ4v) is 0.562. The minimum atomic E-state index is -0.211. The van der Waals surface area contributed by atoms with Gasteiger partial charge in [-0.1, -0.05) is 25.5 Å². The highest BCUT2D eigenvalue weighted by molar-refractivity contribution is 5.65. The fraction of sp³-hybridized carbons (Fsp3) is 0.700. The molecule has 0 unspecified atom stereocenters. The number of carbonyl (C=O) groups is 1. The zero-order valence-electron chi connectivity index (χ0n) is 8.75. The van der Waals surface area contributed by atoms with E-state index in [9.17, 15) is 4.79 Å². The lowest BCUT2D eigenvalue weighted by Gasteiger charge is -1.89. The van der Waals surface area contributed by atoms with Gasteiger partial charge in [-0.05, 0) is 13.3 Å². The topological polar surface area (TPSA) is 46.5 Å². The molecule has 0 saturated carbocycles. The Balaban J connectivity index is 0. The fourth-order valence-electron chi connectivity index (χ4n) is 0.562. The average Bonchev–Trinajstić information content (AvgIpc) is 2.06. The van der Waals surface area contributed by atoms with Gasteiger partial charge in [-0.3, -0.25) is 4.79 Å². The van der Waals surface area contributed by atoms with Crippen molar-refractivity contribution in [3.8, 4) is 0 Å². The van der Waals surface area contributed by atoms with E-state index in [4.69, 9.17) is 5.11 Å². The molecular formula is C10H20O3. The number of unbranched alkanes of at least 4 members (excludes halogenated alkanes) is 1. The Hall–Kier alpha value is -0.830. The number of aliphatic hydroxyl groups excluding tert-OH is 1. The summed E-state index contributed by atoms with van der Waals surface area (Å²) in [7, 11) is 0. The van der Waals surface area contributed by atoms with Gasteiger partial charge in [0.2, 0.25) is 0 Å². The molecule has 0 amide bonds. The maximum atomic E-state index is 9.82. The Morgan fingerprint density at radius 1 is 1.38 bits per heavy atom. The van der Waals surface area contributed by atoms with Gasteiger partial charge in [-0.25, -0.2) is 0 Å². The first-order valence-electron chi connectivity index (χ1n) is 4.58. The third-order valence-electron chi connectivity index (χ3n) is 1.08. The van der Waals surface area contributed by atoms with Crippen LogP contribution in [-0.2, 0) is 9.53 Å². The molecule has 0 aliphatic carbocycles. The first-order chi connectivity index (χ1) is 6.18. The summed E-state index contributed by atoms with van der Waals surface area (Å²) in [5.41, 5.74) is 0. The molecule has 0 spiro atoms. The van der Waals surface area contributed by atoms with Gasteiger partial charge in [0, 0.05) is 6.92 Å². The van der Waals surface area contributed by atoms with E-state index < -0.39 is 0 Å². The van der Waals surface area contributed by atoms with Crippen LogP contribution in [0.4, 0.5) is 0 Å². The van der Waals surface area contributed by atoms with Crippen molar-refractivity contribution in [1.82, 2.24) is 0 Å². The molecule has 0 aromatic heterocycles. The van der Waals surface area contributed by atoms with Gasteiger partial charge >= 0.3 is 5.97 Å². The van der Waals surface area contributed by atoms with E-state index in [1.807, 2.05) is 6.08 Å². The van der Waals surface area contributed by atoms with Gasteiger partial charge < -0.3 is 9.84 Å². The zero-order valence-corrected chi connectivity index (χ0v) is 8.75. The van der Waals surface area contributed by atoms with E-state index >= 15 is 0 Å². The lowest BCUT2D eigenvalue weighted by Crippen LogP contribution is -1.95. The maximum Gasteiger partial charge on any atom is 0.302 e. The van der Waals surface area contributed by atoms with Crippen molar-refractivity contribution in [3.05, 3.63) is 12.2 Å². The van der Waals surface area contributed by atoms with Crippen LogP contribution >= 0.6 is 0 Å². The van der Waals surface area contributed by atoms with Crippen molar-refractivity contribution in [2.75, 3.05) is 13.2 Å². The second-order valence-electron chi connectivity index (χ2n) is 2.37. The van der Waals surface area contributed by atoms with Gasteiger partial charge in [0.05, 0.1) is 13.2 Å². The highest BCUT2D eigenvalue weighted by Gasteiger charge is 1.81. The van der Waals surface area contributed by atoms with Crippen LogP contribution in [0, 0.1) is 0 Å². The lowest BCUT2D eigenvalue weighted by atomic mass is 10.3. The van der Waals surface area contributed by atoms with Crippen LogP contribution in [0.25, 0.3) is 0 Å². The Morgan fingerprint density at radius 2 is 2.00 bits per heavy atom. The van der Waals surface area contributed by atoms with E-state index in [0.29, 0.717) is 6.61 Å². The number of esters is 1. The molecule has 13 heavy (non-hydrogen) atoms. The second-order valence-corrected chi connectivity index (χ2v) is 2.37. The van der Waals surface area contributed by atoms with E-state index in [1.54, 1.807) is 13.0 Å². The van der Waals surface area contributed by atoms with Crippen molar-refractivity contribution in [2.24, 2.45) is 0 Å². The van der Waals surface area contributed by atoms with Gasteiger partial charge in [0.15, 0.2) is 0 Å². The molecule has 0 bridgehead atoms. The quantitative estimate of drug-likeness (QED) is 0.541. The molecule has 1 N–H and O–H groups in total. The molecule has 0 aromatic carbocycles. The predicted molar refractivity (Wildman–Crippen MR) is 53.4 cm³/mol. The number of hydrogen-bond donors (Lipinski definition) is 1. The first kappa shape index (κ1) is 14.7. The Morgan fingerprint density at radius 3 is 2.23 bits per heavy atom. The SMILES string of the molecule is CCCC=CCO.CCOC(C)=O. The van der Waals surface area contributed by atoms with Gasteiger partial charge in [0.1, 0.15) is 0 Å². The minimum absolute atomic E-state index is 0.181. The van der Waals surface area contributed by atoms with Crippen molar-refractivity contribution < 1.29 is 14.6 Å². The summed E-state index contributed by atoms with van der Waals surface area (Å²) in [5.74, 6) is -0.211. The highest BCUT2D eigenvalue weighted by Crippen LogP contribution is 1.85. The van der Waals surface area contributed by atoms with Crippen molar-refractivity contribution in [3.63, 3.8) is 0 Å². The summed E-state index contributed by atoms with van der Waals surface area (Å²) >= 11 is 0. The van der Waals surface area contributed by atoms with Crippen LogP contribution in [0.15, 0.2) is 12.2 Å². The van der Waals surface area contributed by atoms with E-state index in [0.717, 1.165) is 12.8 Å². The van der Waals surface area contributed by atoms with Crippen LogP contribution in [0.2, 0.25) is 0 Å². The second kappa shape index (κ2) is 13.7. The van der Waals surface area contributed by atoms with Crippen LogP contribution in [0.3, 0.4) is 0 Å². The molecular weight excluding hydrogens is 168 g/mol. The predicted octanol–water partition coefficient (Wildman–Crippen LogP) is 1.90. The number of carbonyl (C=O) groups excluding carboxylic acids is 1. The summed E-state index contributed by atoms with van der Waals surface area (Å²) in [6.07, 6.45) is 6.00. The normalized spacial score (nSPS) is 9.23. The van der Waals surface area contributed by atoms with Crippen molar-refractivity contribution >= 4 is 5.97 Å². The molecule has 78 valence electrons. The van der Waals surface area contributed by atoms with Crippen molar-refractivity contribution in [1.29, 1.82) is 0 Å². The van der Waals surface area contributed by atoms with E-state index in [-0.39, 0.29) is 12.6 Å². The molecule has 0 aliphatic rings. The first-order valence-corrected chi connectivity index (χ1v) is 4.58. The number of rotatable bonds is 4. The molecule has 3 heteroatoms. The molecule has 0 fully saturated rings. The summed E-state index contributed by atoms with van der Waals surface area (Å²) in [4.78, 5) is 9.82. The number of hydrogen-bond acceptors (Lipinski definition) is 3. The van der Waals surface area contributed by atoms with E-state index in [2.05, 4.69) is 11.7 Å². The maximum absolute atomic E-state index is 9.82. The third-order valence-corrected chi connectivity index (χ3v) is 1.08. The van der Waals surface area contributed by atoms with Crippen LogP contribution in [0.5, 0.6) is 0 Å². The standard InChI is InChI=1S/C6H12O.C4H8O2/c1-2-3-4-5-6-7;1-3-6-4(2)5/h4-5,7H,2-3,6H2,1H3;3H2,1-2H3. The number of allylic oxidation sites excluding steroid dienone is 1. The molecule has 0 aliphatic heterocycles. The van der Waals surface area contributed by atoms with Gasteiger partial charge in [0.25, 0.3) is 0 Å². The zero-order chi connectivity index (χ0) is 10.5. The molecule has 0 saturated heterocycles. The van der Waals surface area contributed by atoms with Crippen LogP contribution in [0.1, 0.15) is 33.6 Å². The minimum Gasteiger partial charge on any atom is -0.466 e. The Kier molecular flexibility index (Phi) is 15.5.